The molecule has 0 bridgehead atoms. The maximum absolute atomic E-state index is 11.5. The summed E-state index contributed by atoms with van der Waals surface area (Å²) in [6, 6.07) is 4.92. The number of anilines is 1. The van der Waals surface area contributed by atoms with Gasteiger partial charge in [-0.2, -0.15) is 0 Å². The van der Waals surface area contributed by atoms with Gasteiger partial charge in [0.1, 0.15) is 6.54 Å². The fourth-order valence-corrected chi connectivity index (χ4v) is 1.14. The second-order valence-electron chi connectivity index (χ2n) is 3.15. The van der Waals surface area contributed by atoms with E-state index >= 15 is 0 Å². The summed E-state index contributed by atoms with van der Waals surface area (Å²) in [4.78, 5) is 21.7. The molecular weight excluding hydrogens is 196 g/mol. The Balaban J connectivity index is 2.81. The SMILES string of the molecule is Cc1ccc(N)cc1C(=O)NCC(=O)O. The third kappa shape index (κ3) is 2.98. The summed E-state index contributed by atoms with van der Waals surface area (Å²) in [5.74, 6) is -1.51. The van der Waals surface area contributed by atoms with Crippen LogP contribution in [0.3, 0.4) is 0 Å². The Morgan fingerprint density at radius 1 is 1.47 bits per heavy atom. The molecule has 0 aliphatic rings. The average molecular weight is 208 g/mol. The van der Waals surface area contributed by atoms with Crippen LogP contribution in [0, 0.1) is 6.92 Å². The number of benzene rings is 1. The number of amides is 1. The van der Waals surface area contributed by atoms with Crippen molar-refractivity contribution in [2.45, 2.75) is 6.92 Å². The first-order valence-electron chi connectivity index (χ1n) is 4.37. The van der Waals surface area contributed by atoms with Crippen LogP contribution in [-0.2, 0) is 4.79 Å². The van der Waals surface area contributed by atoms with E-state index in [2.05, 4.69) is 5.32 Å². The zero-order chi connectivity index (χ0) is 11.4. The lowest BCUT2D eigenvalue weighted by atomic mass is 10.1. The van der Waals surface area contributed by atoms with Gasteiger partial charge in [0.25, 0.3) is 5.91 Å². The van der Waals surface area contributed by atoms with Crippen molar-refractivity contribution in [1.82, 2.24) is 5.32 Å². The standard InChI is InChI=1S/C10H12N2O3/c1-6-2-3-7(11)4-8(6)10(15)12-5-9(13)14/h2-4H,5,11H2,1H3,(H,12,15)(H,13,14). The number of rotatable bonds is 3. The van der Waals surface area contributed by atoms with Gasteiger partial charge in [0.2, 0.25) is 0 Å². The Morgan fingerprint density at radius 2 is 2.13 bits per heavy atom. The first-order chi connectivity index (χ1) is 7.00. The number of aryl methyl sites for hydroxylation is 1. The van der Waals surface area contributed by atoms with Gasteiger partial charge in [-0.3, -0.25) is 9.59 Å². The predicted octanol–water partition coefficient (Wildman–Crippen LogP) is 0.392. The molecular formula is C10H12N2O3. The van der Waals surface area contributed by atoms with Crippen LogP contribution in [-0.4, -0.2) is 23.5 Å². The molecule has 0 unspecified atom stereocenters. The fourth-order valence-electron chi connectivity index (χ4n) is 1.14. The number of nitrogens with one attached hydrogen (secondary N) is 1. The zero-order valence-corrected chi connectivity index (χ0v) is 8.28. The summed E-state index contributed by atoms with van der Waals surface area (Å²) in [5, 5.41) is 10.7. The van der Waals surface area contributed by atoms with Crippen molar-refractivity contribution >= 4 is 17.6 Å². The second-order valence-corrected chi connectivity index (χ2v) is 3.15. The van der Waals surface area contributed by atoms with Gasteiger partial charge in [0, 0.05) is 11.3 Å². The number of nitrogens with two attached hydrogens (primary N) is 1. The van der Waals surface area contributed by atoms with Gasteiger partial charge in [-0.05, 0) is 24.6 Å². The average Bonchev–Trinajstić information content (AvgIpc) is 2.18. The van der Waals surface area contributed by atoms with E-state index in [1.807, 2.05) is 0 Å². The molecule has 4 N–H and O–H groups in total. The Bertz CT molecular complexity index is 402. The monoisotopic (exact) mass is 208 g/mol. The lowest BCUT2D eigenvalue weighted by Gasteiger charge is -2.06. The molecule has 0 fully saturated rings. The van der Waals surface area contributed by atoms with Crippen LogP contribution in [0.5, 0.6) is 0 Å². The topological polar surface area (TPSA) is 92.4 Å². The Labute approximate surface area is 86.9 Å². The van der Waals surface area contributed by atoms with Crippen LogP contribution in [0.15, 0.2) is 18.2 Å². The summed E-state index contributed by atoms with van der Waals surface area (Å²) in [7, 11) is 0. The first kappa shape index (κ1) is 11.0. The van der Waals surface area contributed by atoms with Crippen molar-refractivity contribution in [1.29, 1.82) is 0 Å². The highest BCUT2D eigenvalue weighted by Crippen LogP contribution is 2.12. The summed E-state index contributed by atoms with van der Waals surface area (Å²) >= 11 is 0. The van der Waals surface area contributed by atoms with E-state index in [-0.39, 0.29) is 0 Å². The Morgan fingerprint density at radius 3 is 2.73 bits per heavy atom. The lowest BCUT2D eigenvalue weighted by molar-refractivity contribution is -0.135. The molecule has 0 radical (unpaired) electrons. The van der Waals surface area contributed by atoms with E-state index in [4.69, 9.17) is 10.8 Å². The van der Waals surface area contributed by atoms with Crippen LogP contribution in [0.4, 0.5) is 5.69 Å². The van der Waals surface area contributed by atoms with Crippen molar-refractivity contribution in [3.05, 3.63) is 29.3 Å². The number of carboxylic acids is 1. The third-order valence-electron chi connectivity index (χ3n) is 1.91. The van der Waals surface area contributed by atoms with Crippen molar-refractivity contribution in [2.75, 3.05) is 12.3 Å². The van der Waals surface area contributed by atoms with E-state index in [1.165, 1.54) is 6.07 Å². The molecule has 5 nitrogen and oxygen atoms in total. The molecule has 0 aromatic heterocycles. The van der Waals surface area contributed by atoms with Crippen molar-refractivity contribution in [3.8, 4) is 0 Å². The number of carboxylic acid groups (broad SMARTS) is 1. The molecule has 1 aromatic rings. The van der Waals surface area contributed by atoms with Gasteiger partial charge in [-0.25, -0.2) is 0 Å². The van der Waals surface area contributed by atoms with Gasteiger partial charge >= 0.3 is 5.97 Å². The minimum Gasteiger partial charge on any atom is -0.480 e. The van der Waals surface area contributed by atoms with Crippen molar-refractivity contribution in [3.63, 3.8) is 0 Å². The molecule has 0 saturated heterocycles. The van der Waals surface area contributed by atoms with Crippen molar-refractivity contribution in [2.24, 2.45) is 0 Å². The van der Waals surface area contributed by atoms with E-state index < -0.39 is 18.4 Å². The lowest BCUT2D eigenvalue weighted by Crippen LogP contribution is -2.29. The summed E-state index contributed by atoms with van der Waals surface area (Å²) in [6.45, 7) is 1.36. The molecule has 0 aliphatic heterocycles. The zero-order valence-electron chi connectivity index (χ0n) is 8.28. The maximum atomic E-state index is 11.5. The van der Waals surface area contributed by atoms with Gasteiger partial charge in [-0.1, -0.05) is 6.07 Å². The van der Waals surface area contributed by atoms with Crippen LogP contribution in [0.25, 0.3) is 0 Å². The Kier molecular flexibility index (Phi) is 3.28. The summed E-state index contributed by atoms with van der Waals surface area (Å²) < 4.78 is 0. The maximum Gasteiger partial charge on any atom is 0.322 e. The summed E-state index contributed by atoms with van der Waals surface area (Å²) in [6.07, 6.45) is 0. The molecule has 1 rings (SSSR count). The van der Waals surface area contributed by atoms with E-state index in [1.54, 1.807) is 19.1 Å². The number of nitrogen functional groups attached to an aromatic ring is 1. The van der Waals surface area contributed by atoms with Gasteiger partial charge in [0.15, 0.2) is 0 Å². The highest BCUT2D eigenvalue weighted by Gasteiger charge is 2.09. The van der Waals surface area contributed by atoms with Gasteiger partial charge < -0.3 is 16.2 Å². The van der Waals surface area contributed by atoms with Crippen LogP contribution in [0.2, 0.25) is 0 Å². The molecule has 0 atom stereocenters. The highest BCUT2D eigenvalue weighted by atomic mass is 16.4. The minimum atomic E-state index is -1.08. The normalized spacial score (nSPS) is 9.67. The van der Waals surface area contributed by atoms with Crippen LogP contribution in [0.1, 0.15) is 15.9 Å². The smallest absolute Gasteiger partial charge is 0.322 e. The molecule has 0 heterocycles. The van der Waals surface area contributed by atoms with E-state index in [9.17, 15) is 9.59 Å². The van der Waals surface area contributed by atoms with Crippen LogP contribution < -0.4 is 11.1 Å². The molecule has 15 heavy (non-hydrogen) atoms. The van der Waals surface area contributed by atoms with E-state index in [0.29, 0.717) is 11.3 Å². The summed E-state index contributed by atoms with van der Waals surface area (Å²) in [5.41, 5.74) is 7.15. The molecule has 0 aliphatic carbocycles. The number of hydrogen-bond donors (Lipinski definition) is 3. The number of carbonyl (C=O) groups is 2. The van der Waals surface area contributed by atoms with Gasteiger partial charge in [0.05, 0.1) is 0 Å². The number of hydrogen-bond acceptors (Lipinski definition) is 3. The molecule has 80 valence electrons. The minimum absolute atomic E-state index is 0.396. The highest BCUT2D eigenvalue weighted by molar-refractivity contribution is 5.97. The first-order valence-corrected chi connectivity index (χ1v) is 4.37. The third-order valence-corrected chi connectivity index (χ3v) is 1.91. The van der Waals surface area contributed by atoms with E-state index in [0.717, 1.165) is 5.56 Å². The number of carbonyl (C=O) groups excluding carboxylic acids is 1. The number of aliphatic carboxylic acids is 1. The second kappa shape index (κ2) is 4.45. The Hall–Kier alpha value is -2.04. The van der Waals surface area contributed by atoms with Crippen molar-refractivity contribution < 1.29 is 14.7 Å². The molecule has 5 heteroatoms. The van der Waals surface area contributed by atoms with Gasteiger partial charge in [-0.15, -0.1) is 0 Å². The fraction of sp³-hybridized carbons (Fsp3) is 0.200. The van der Waals surface area contributed by atoms with Crippen LogP contribution >= 0.6 is 0 Å². The molecule has 0 spiro atoms. The quantitative estimate of drug-likeness (QED) is 0.626. The molecule has 1 amide bonds. The largest absolute Gasteiger partial charge is 0.480 e. The predicted molar refractivity (Wildman–Crippen MR) is 55.6 cm³/mol. The molecule has 0 saturated carbocycles. The molecule has 1 aromatic carbocycles.